The van der Waals surface area contributed by atoms with Gasteiger partial charge >= 0.3 is 0 Å². The number of aryl methyl sites for hydroxylation is 1. The summed E-state index contributed by atoms with van der Waals surface area (Å²) in [4.78, 5) is 21.0. The minimum atomic E-state index is -0.0765. The summed E-state index contributed by atoms with van der Waals surface area (Å²) in [5, 5.41) is 7.10. The van der Waals surface area contributed by atoms with Crippen molar-refractivity contribution in [1.29, 1.82) is 0 Å². The van der Waals surface area contributed by atoms with Crippen LogP contribution < -0.4 is 0 Å². The fourth-order valence-corrected chi connectivity index (χ4v) is 3.15. The van der Waals surface area contributed by atoms with Crippen LogP contribution in [0.3, 0.4) is 0 Å². The fourth-order valence-electron chi connectivity index (χ4n) is 3.15. The Morgan fingerprint density at radius 2 is 2.36 bits per heavy atom. The second-order valence-corrected chi connectivity index (χ2v) is 6.49. The molecule has 1 atom stereocenters. The van der Waals surface area contributed by atoms with E-state index < -0.39 is 0 Å². The SMILES string of the molecule is Cc1cn[nH]c1[C@@H]1COCCN1C(=O)CCN(C)Cc1cccnc1. The molecule has 7 heteroatoms. The number of aromatic nitrogens is 3. The maximum Gasteiger partial charge on any atom is 0.224 e. The summed E-state index contributed by atoms with van der Waals surface area (Å²) in [5.74, 6) is 0.153. The molecule has 1 fully saturated rings. The van der Waals surface area contributed by atoms with E-state index in [1.54, 1.807) is 12.4 Å². The Bertz CT molecular complexity index is 688. The summed E-state index contributed by atoms with van der Waals surface area (Å²) in [6.07, 6.45) is 5.90. The number of nitrogens with one attached hydrogen (secondary N) is 1. The van der Waals surface area contributed by atoms with E-state index in [0.717, 1.165) is 23.4 Å². The lowest BCUT2D eigenvalue weighted by atomic mass is 10.1. The van der Waals surface area contributed by atoms with Gasteiger partial charge in [-0.05, 0) is 31.2 Å². The highest BCUT2D eigenvalue weighted by atomic mass is 16.5. The van der Waals surface area contributed by atoms with Crippen molar-refractivity contribution < 1.29 is 9.53 Å². The molecule has 1 aliphatic heterocycles. The van der Waals surface area contributed by atoms with E-state index in [1.807, 2.05) is 37.2 Å². The third kappa shape index (κ3) is 4.43. The molecule has 3 heterocycles. The van der Waals surface area contributed by atoms with Gasteiger partial charge in [0, 0.05) is 38.4 Å². The first-order chi connectivity index (χ1) is 12.1. The fraction of sp³-hybridized carbons (Fsp3) is 0.500. The third-order valence-corrected chi connectivity index (χ3v) is 4.53. The van der Waals surface area contributed by atoms with Crippen LogP contribution in [-0.2, 0) is 16.1 Å². The minimum Gasteiger partial charge on any atom is -0.377 e. The van der Waals surface area contributed by atoms with Crippen molar-refractivity contribution in [2.24, 2.45) is 0 Å². The number of carbonyl (C=O) groups excluding carboxylic acids is 1. The quantitative estimate of drug-likeness (QED) is 0.861. The Balaban J connectivity index is 1.56. The van der Waals surface area contributed by atoms with E-state index in [-0.39, 0.29) is 11.9 Å². The summed E-state index contributed by atoms with van der Waals surface area (Å²) in [7, 11) is 2.02. The van der Waals surface area contributed by atoms with Gasteiger partial charge in [-0.15, -0.1) is 0 Å². The number of H-pyrrole nitrogens is 1. The second kappa shape index (κ2) is 8.22. The molecule has 0 aliphatic carbocycles. The lowest BCUT2D eigenvalue weighted by Gasteiger charge is -2.35. The summed E-state index contributed by atoms with van der Waals surface area (Å²) in [6.45, 7) is 5.21. The van der Waals surface area contributed by atoms with Crippen molar-refractivity contribution in [2.75, 3.05) is 33.4 Å². The van der Waals surface area contributed by atoms with E-state index in [9.17, 15) is 4.79 Å². The van der Waals surface area contributed by atoms with Gasteiger partial charge in [-0.3, -0.25) is 14.9 Å². The molecule has 2 aromatic rings. The van der Waals surface area contributed by atoms with Crippen LogP contribution in [0.5, 0.6) is 0 Å². The highest BCUT2D eigenvalue weighted by Gasteiger charge is 2.30. The smallest absolute Gasteiger partial charge is 0.224 e. The Labute approximate surface area is 148 Å². The number of amides is 1. The van der Waals surface area contributed by atoms with Gasteiger partial charge in [-0.25, -0.2) is 0 Å². The first-order valence-corrected chi connectivity index (χ1v) is 8.59. The topological polar surface area (TPSA) is 74.3 Å². The van der Waals surface area contributed by atoms with Crippen molar-refractivity contribution in [1.82, 2.24) is 25.0 Å². The van der Waals surface area contributed by atoms with Gasteiger partial charge in [0.1, 0.15) is 0 Å². The molecular weight excluding hydrogens is 318 g/mol. The molecule has 0 saturated carbocycles. The number of morpholine rings is 1. The largest absolute Gasteiger partial charge is 0.377 e. The molecule has 1 N–H and O–H groups in total. The molecule has 134 valence electrons. The van der Waals surface area contributed by atoms with E-state index >= 15 is 0 Å². The third-order valence-electron chi connectivity index (χ3n) is 4.53. The first-order valence-electron chi connectivity index (χ1n) is 8.59. The maximum absolute atomic E-state index is 12.8. The normalized spacial score (nSPS) is 17.9. The highest BCUT2D eigenvalue weighted by Crippen LogP contribution is 2.25. The molecule has 0 spiro atoms. The molecule has 1 aliphatic rings. The number of rotatable bonds is 6. The number of ether oxygens (including phenoxy) is 1. The summed E-state index contributed by atoms with van der Waals surface area (Å²) < 4.78 is 5.59. The van der Waals surface area contributed by atoms with E-state index in [2.05, 4.69) is 20.1 Å². The van der Waals surface area contributed by atoms with Gasteiger partial charge in [-0.1, -0.05) is 6.07 Å². The molecule has 0 radical (unpaired) electrons. The maximum atomic E-state index is 12.8. The van der Waals surface area contributed by atoms with E-state index in [4.69, 9.17) is 4.74 Å². The molecule has 2 aromatic heterocycles. The van der Waals surface area contributed by atoms with Crippen LogP contribution in [0.4, 0.5) is 0 Å². The van der Waals surface area contributed by atoms with Crippen molar-refractivity contribution in [2.45, 2.75) is 25.9 Å². The van der Waals surface area contributed by atoms with Crippen molar-refractivity contribution in [3.8, 4) is 0 Å². The average molecular weight is 343 g/mol. The molecule has 0 unspecified atom stereocenters. The molecule has 3 rings (SSSR count). The van der Waals surface area contributed by atoms with Crippen LogP contribution in [-0.4, -0.2) is 64.2 Å². The molecule has 0 aromatic carbocycles. The Hall–Kier alpha value is -2.25. The highest BCUT2D eigenvalue weighted by molar-refractivity contribution is 5.77. The standard InChI is InChI=1S/C18H25N5O2/c1-14-10-20-21-18(14)16-13-25-9-8-23(16)17(24)5-7-22(2)12-15-4-3-6-19-11-15/h3-4,6,10-11,16H,5,7-9,12-13H2,1-2H3,(H,20,21)/t16-/m0/s1. The van der Waals surface area contributed by atoms with Crippen molar-refractivity contribution in [3.05, 3.63) is 47.5 Å². The van der Waals surface area contributed by atoms with Crippen LogP contribution in [0.15, 0.2) is 30.7 Å². The van der Waals surface area contributed by atoms with Gasteiger partial charge in [-0.2, -0.15) is 5.10 Å². The summed E-state index contributed by atoms with van der Waals surface area (Å²) in [5.41, 5.74) is 3.17. The number of hydrogen-bond donors (Lipinski definition) is 1. The Morgan fingerprint density at radius 1 is 1.48 bits per heavy atom. The first kappa shape index (κ1) is 17.6. The molecular formula is C18H25N5O2. The zero-order valence-electron chi connectivity index (χ0n) is 14.8. The molecule has 1 amide bonds. The Kier molecular flexibility index (Phi) is 5.78. The number of aromatic amines is 1. The van der Waals surface area contributed by atoms with E-state index in [1.165, 1.54) is 0 Å². The number of hydrogen-bond acceptors (Lipinski definition) is 5. The summed E-state index contributed by atoms with van der Waals surface area (Å²) >= 11 is 0. The lowest BCUT2D eigenvalue weighted by molar-refractivity contribution is -0.140. The van der Waals surface area contributed by atoms with E-state index in [0.29, 0.717) is 32.7 Å². The molecule has 0 bridgehead atoms. The van der Waals surface area contributed by atoms with Crippen LogP contribution in [0.2, 0.25) is 0 Å². The Morgan fingerprint density at radius 3 is 3.08 bits per heavy atom. The predicted octanol–water partition coefficient (Wildman–Crippen LogP) is 1.54. The zero-order chi connectivity index (χ0) is 17.6. The van der Waals surface area contributed by atoms with Crippen LogP contribution in [0, 0.1) is 6.92 Å². The predicted molar refractivity (Wildman–Crippen MR) is 93.8 cm³/mol. The minimum absolute atomic E-state index is 0.0765. The average Bonchev–Trinajstić information content (AvgIpc) is 3.06. The van der Waals surface area contributed by atoms with Crippen molar-refractivity contribution in [3.63, 3.8) is 0 Å². The number of nitrogens with zero attached hydrogens (tertiary/aromatic N) is 4. The number of carbonyl (C=O) groups is 1. The second-order valence-electron chi connectivity index (χ2n) is 6.49. The van der Waals surface area contributed by atoms with Gasteiger partial charge in [0.15, 0.2) is 0 Å². The monoisotopic (exact) mass is 343 g/mol. The van der Waals surface area contributed by atoms with Gasteiger partial charge in [0.05, 0.1) is 31.1 Å². The molecule has 7 nitrogen and oxygen atoms in total. The molecule has 25 heavy (non-hydrogen) atoms. The van der Waals surface area contributed by atoms with Crippen LogP contribution >= 0.6 is 0 Å². The van der Waals surface area contributed by atoms with Gasteiger partial charge < -0.3 is 14.5 Å². The van der Waals surface area contributed by atoms with Crippen molar-refractivity contribution >= 4 is 5.91 Å². The molecule has 1 saturated heterocycles. The summed E-state index contributed by atoms with van der Waals surface area (Å²) in [6, 6.07) is 3.90. The van der Waals surface area contributed by atoms with Crippen LogP contribution in [0.1, 0.15) is 29.3 Å². The van der Waals surface area contributed by atoms with Crippen LogP contribution in [0.25, 0.3) is 0 Å². The number of pyridine rings is 1. The lowest BCUT2D eigenvalue weighted by Crippen LogP contribution is -2.44. The zero-order valence-corrected chi connectivity index (χ0v) is 14.8. The van der Waals surface area contributed by atoms with Gasteiger partial charge in [0.2, 0.25) is 5.91 Å². The van der Waals surface area contributed by atoms with Gasteiger partial charge in [0.25, 0.3) is 0 Å².